The van der Waals surface area contributed by atoms with Gasteiger partial charge in [0.2, 0.25) is 5.03 Å². The Labute approximate surface area is 116 Å². The Bertz CT molecular complexity index is 480. The molecule has 0 aliphatic heterocycles. The molecule has 0 atom stereocenters. The molecule has 8 heteroatoms. The number of aromatic nitrogens is 3. The van der Waals surface area contributed by atoms with Gasteiger partial charge >= 0.3 is 0 Å². The average Bonchev–Trinajstić information content (AvgIpc) is 2.67. The van der Waals surface area contributed by atoms with Crippen LogP contribution in [0, 0.1) is 0 Å². The molecule has 0 amide bonds. The molecule has 104 valence electrons. The molecule has 0 aliphatic rings. The van der Waals surface area contributed by atoms with Crippen LogP contribution in [-0.4, -0.2) is 29.0 Å². The molecule has 1 aromatic rings. The number of sulfonamides is 1. The first-order valence-electron chi connectivity index (χ1n) is 5.91. The molecule has 0 unspecified atom stereocenters. The summed E-state index contributed by atoms with van der Waals surface area (Å²) in [6.07, 6.45) is 2.21. The van der Waals surface area contributed by atoms with E-state index in [9.17, 15) is 8.42 Å². The number of nitrogens with one attached hydrogen (secondary N) is 1. The smallest absolute Gasteiger partial charge is 0.235 e. The van der Waals surface area contributed by atoms with Gasteiger partial charge in [-0.1, -0.05) is 26.0 Å². The van der Waals surface area contributed by atoms with E-state index in [4.69, 9.17) is 0 Å². The van der Waals surface area contributed by atoms with Gasteiger partial charge in [-0.05, 0) is 35.2 Å². The standard InChI is InChI=1S/C10H19BrN4O2S/c1-5-10(6-2,7-3)13-18(16,17)9-8(11)12-14-15(9)4/h13H,5-7H2,1-4H3. The Hall–Kier alpha value is -0.470. The van der Waals surface area contributed by atoms with Crippen molar-refractivity contribution in [3.8, 4) is 0 Å². The number of hydrogen-bond donors (Lipinski definition) is 1. The van der Waals surface area contributed by atoms with Gasteiger partial charge < -0.3 is 0 Å². The second-order valence-electron chi connectivity index (χ2n) is 4.26. The van der Waals surface area contributed by atoms with Crippen LogP contribution in [0.1, 0.15) is 40.0 Å². The maximum Gasteiger partial charge on any atom is 0.261 e. The summed E-state index contributed by atoms with van der Waals surface area (Å²) in [4.78, 5) is 0. The highest BCUT2D eigenvalue weighted by Crippen LogP contribution is 2.25. The van der Waals surface area contributed by atoms with E-state index in [1.54, 1.807) is 7.05 Å². The third-order valence-corrected chi connectivity index (χ3v) is 5.84. The average molecular weight is 339 g/mol. The Kier molecular flexibility index (Phi) is 4.90. The van der Waals surface area contributed by atoms with Gasteiger partial charge in [0.15, 0.2) is 4.60 Å². The zero-order valence-corrected chi connectivity index (χ0v) is 13.5. The van der Waals surface area contributed by atoms with Gasteiger partial charge in [-0.25, -0.2) is 17.8 Å². The summed E-state index contributed by atoms with van der Waals surface area (Å²) in [5, 5.41) is 7.45. The van der Waals surface area contributed by atoms with E-state index in [1.807, 2.05) is 20.8 Å². The molecular formula is C10H19BrN4O2S. The van der Waals surface area contributed by atoms with E-state index < -0.39 is 15.6 Å². The molecule has 18 heavy (non-hydrogen) atoms. The van der Waals surface area contributed by atoms with Crippen LogP contribution in [0.15, 0.2) is 9.63 Å². The Morgan fingerprint density at radius 1 is 1.28 bits per heavy atom. The van der Waals surface area contributed by atoms with Gasteiger partial charge in [0, 0.05) is 12.6 Å². The lowest BCUT2D eigenvalue weighted by Crippen LogP contribution is -2.47. The van der Waals surface area contributed by atoms with E-state index in [0.29, 0.717) is 0 Å². The molecule has 0 saturated heterocycles. The highest BCUT2D eigenvalue weighted by Gasteiger charge is 2.33. The monoisotopic (exact) mass is 338 g/mol. The maximum absolute atomic E-state index is 12.4. The van der Waals surface area contributed by atoms with Crippen LogP contribution in [0.25, 0.3) is 0 Å². The summed E-state index contributed by atoms with van der Waals surface area (Å²) in [6, 6.07) is 0. The Morgan fingerprint density at radius 2 is 1.78 bits per heavy atom. The summed E-state index contributed by atoms with van der Waals surface area (Å²) in [5.74, 6) is 0. The molecule has 1 aromatic heterocycles. The highest BCUT2D eigenvalue weighted by molar-refractivity contribution is 9.10. The second-order valence-corrected chi connectivity index (χ2v) is 6.60. The van der Waals surface area contributed by atoms with Gasteiger partial charge in [-0.3, -0.25) is 0 Å². The molecule has 0 radical (unpaired) electrons. The Morgan fingerprint density at radius 3 is 2.11 bits per heavy atom. The van der Waals surface area contributed by atoms with Gasteiger partial charge in [0.25, 0.3) is 10.0 Å². The number of hydrogen-bond acceptors (Lipinski definition) is 4. The first-order valence-corrected chi connectivity index (χ1v) is 8.18. The maximum atomic E-state index is 12.4. The van der Waals surface area contributed by atoms with Crippen LogP contribution in [0.5, 0.6) is 0 Å². The molecule has 1 heterocycles. The molecule has 1 N–H and O–H groups in total. The minimum atomic E-state index is -3.63. The minimum Gasteiger partial charge on any atom is -0.235 e. The van der Waals surface area contributed by atoms with Crippen molar-refractivity contribution >= 4 is 26.0 Å². The fourth-order valence-corrected chi connectivity index (χ4v) is 4.62. The van der Waals surface area contributed by atoms with Crippen molar-refractivity contribution < 1.29 is 8.42 Å². The first kappa shape index (κ1) is 15.6. The van der Waals surface area contributed by atoms with Crippen LogP contribution in [0.2, 0.25) is 0 Å². The summed E-state index contributed by atoms with van der Waals surface area (Å²) in [7, 11) is -2.08. The van der Waals surface area contributed by atoms with Crippen molar-refractivity contribution in [1.29, 1.82) is 0 Å². The first-order chi connectivity index (χ1) is 8.32. The number of halogens is 1. The van der Waals surface area contributed by atoms with Crippen molar-refractivity contribution in [2.75, 3.05) is 0 Å². The molecule has 6 nitrogen and oxygen atoms in total. The van der Waals surface area contributed by atoms with Gasteiger partial charge in [0.1, 0.15) is 0 Å². The molecular weight excluding hydrogens is 320 g/mol. The molecule has 0 spiro atoms. The zero-order valence-electron chi connectivity index (χ0n) is 11.1. The molecule has 0 aromatic carbocycles. The SMILES string of the molecule is CCC(CC)(CC)NS(=O)(=O)c1c(Br)nnn1C. The van der Waals surface area contributed by atoms with Crippen LogP contribution in [0.3, 0.4) is 0 Å². The summed E-state index contributed by atoms with van der Waals surface area (Å²) >= 11 is 3.11. The van der Waals surface area contributed by atoms with Gasteiger partial charge in [-0.2, -0.15) is 0 Å². The topological polar surface area (TPSA) is 76.9 Å². The quantitative estimate of drug-likeness (QED) is 0.858. The van der Waals surface area contributed by atoms with Crippen molar-refractivity contribution in [2.45, 2.75) is 50.6 Å². The van der Waals surface area contributed by atoms with Gasteiger partial charge in [0.05, 0.1) is 0 Å². The lowest BCUT2D eigenvalue weighted by Gasteiger charge is -2.31. The fourth-order valence-electron chi connectivity index (χ4n) is 1.91. The second kappa shape index (κ2) is 5.66. The van der Waals surface area contributed by atoms with E-state index in [-0.39, 0.29) is 9.63 Å². The zero-order chi connectivity index (χ0) is 14.0. The summed E-state index contributed by atoms with van der Waals surface area (Å²) in [6.45, 7) is 5.93. The third kappa shape index (κ3) is 2.92. The number of rotatable bonds is 6. The Balaban J connectivity index is 3.17. The van der Waals surface area contributed by atoms with Crippen LogP contribution < -0.4 is 4.72 Å². The normalized spacial score (nSPS) is 12.9. The molecule has 0 saturated carbocycles. The van der Waals surface area contributed by atoms with Crippen molar-refractivity contribution in [1.82, 2.24) is 19.7 Å². The molecule has 0 fully saturated rings. The lowest BCUT2D eigenvalue weighted by atomic mass is 9.91. The third-order valence-electron chi connectivity index (χ3n) is 3.37. The predicted molar refractivity (Wildman–Crippen MR) is 72.6 cm³/mol. The molecule has 0 bridgehead atoms. The van der Waals surface area contributed by atoms with Crippen LogP contribution >= 0.6 is 15.9 Å². The molecule has 0 aliphatic carbocycles. The fraction of sp³-hybridized carbons (Fsp3) is 0.800. The van der Waals surface area contributed by atoms with Crippen molar-refractivity contribution in [2.24, 2.45) is 7.05 Å². The van der Waals surface area contributed by atoms with Crippen LogP contribution in [0.4, 0.5) is 0 Å². The number of aryl methyl sites for hydroxylation is 1. The summed E-state index contributed by atoms with van der Waals surface area (Å²) in [5.41, 5.74) is -0.414. The van der Waals surface area contributed by atoms with Gasteiger partial charge in [-0.15, -0.1) is 5.10 Å². The van der Waals surface area contributed by atoms with Crippen molar-refractivity contribution in [3.63, 3.8) is 0 Å². The highest BCUT2D eigenvalue weighted by atomic mass is 79.9. The number of nitrogens with zero attached hydrogens (tertiary/aromatic N) is 3. The predicted octanol–water partition coefficient (Wildman–Crippen LogP) is 1.82. The lowest BCUT2D eigenvalue weighted by molar-refractivity contribution is 0.340. The summed E-state index contributed by atoms with van der Waals surface area (Å²) < 4.78 is 29.0. The largest absolute Gasteiger partial charge is 0.261 e. The van der Waals surface area contributed by atoms with E-state index in [1.165, 1.54) is 4.68 Å². The van der Waals surface area contributed by atoms with E-state index >= 15 is 0 Å². The van der Waals surface area contributed by atoms with Crippen molar-refractivity contribution in [3.05, 3.63) is 4.60 Å². The minimum absolute atomic E-state index is 0.0576. The van der Waals surface area contributed by atoms with E-state index in [2.05, 4.69) is 31.0 Å². The van der Waals surface area contributed by atoms with Crippen LogP contribution in [-0.2, 0) is 17.1 Å². The molecule has 1 rings (SSSR count). The van der Waals surface area contributed by atoms with E-state index in [0.717, 1.165) is 19.3 Å².